The third kappa shape index (κ3) is 2.78. The van der Waals surface area contributed by atoms with Gasteiger partial charge in [-0.3, -0.25) is 0 Å². The molecule has 12 heavy (non-hydrogen) atoms. The molecule has 0 amide bonds. The molecule has 0 heterocycles. The fourth-order valence-electron chi connectivity index (χ4n) is 1.88. The minimum atomic E-state index is 0.955. The third-order valence-corrected chi connectivity index (χ3v) is 2.90. The second kappa shape index (κ2) is 5.58. The molecule has 1 aliphatic carbocycles. The van der Waals surface area contributed by atoms with E-state index in [2.05, 4.69) is 18.7 Å². The van der Waals surface area contributed by atoms with E-state index in [0.29, 0.717) is 0 Å². The van der Waals surface area contributed by atoms with E-state index in [-0.39, 0.29) is 0 Å². The van der Waals surface area contributed by atoms with Crippen molar-refractivity contribution in [3.63, 3.8) is 0 Å². The number of unbranched alkanes of at least 4 members (excludes halogenated alkanes) is 1. The van der Waals surface area contributed by atoms with Gasteiger partial charge in [-0.25, -0.2) is 0 Å². The van der Waals surface area contributed by atoms with Gasteiger partial charge in [-0.2, -0.15) is 0 Å². The largest absolute Gasteiger partial charge is 0.300 e. The molecular weight excluding hydrogens is 146 g/mol. The molecule has 0 unspecified atom stereocenters. The zero-order chi connectivity index (χ0) is 8.81. The summed E-state index contributed by atoms with van der Waals surface area (Å²) in [5, 5.41) is 0. The average Bonchev–Trinajstić information content (AvgIpc) is 1.97. The van der Waals surface area contributed by atoms with Crippen molar-refractivity contribution < 1.29 is 0 Å². The lowest BCUT2D eigenvalue weighted by atomic mass is 9.91. The van der Waals surface area contributed by atoms with Crippen LogP contribution in [0.1, 0.15) is 52.4 Å². The van der Waals surface area contributed by atoms with E-state index in [1.165, 1.54) is 51.6 Å². The Morgan fingerprint density at radius 2 is 1.83 bits per heavy atom. The van der Waals surface area contributed by atoms with Crippen LogP contribution in [-0.4, -0.2) is 24.0 Å². The van der Waals surface area contributed by atoms with Gasteiger partial charge in [-0.05, 0) is 38.8 Å². The van der Waals surface area contributed by atoms with Crippen LogP contribution in [-0.2, 0) is 0 Å². The Balaban J connectivity index is 2.17. The first-order valence-corrected chi connectivity index (χ1v) is 5.62. The summed E-state index contributed by atoms with van der Waals surface area (Å²) >= 11 is 0. The van der Waals surface area contributed by atoms with E-state index < -0.39 is 0 Å². The Bertz CT molecular complexity index is 108. The predicted molar refractivity (Wildman–Crippen MR) is 54.4 cm³/mol. The summed E-state index contributed by atoms with van der Waals surface area (Å²) in [7, 11) is 0. The summed E-state index contributed by atoms with van der Waals surface area (Å²) in [5.74, 6) is 0. The molecular formula is C11H23N. The minimum Gasteiger partial charge on any atom is -0.300 e. The molecule has 0 aromatic rings. The van der Waals surface area contributed by atoms with Crippen molar-refractivity contribution in [2.45, 2.75) is 58.4 Å². The summed E-state index contributed by atoms with van der Waals surface area (Å²) in [6.07, 6.45) is 8.44. The molecule has 0 aliphatic heterocycles. The molecule has 0 bridgehead atoms. The Hall–Kier alpha value is -0.0400. The Morgan fingerprint density at radius 1 is 1.08 bits per heavy atom. The Morgan fingerprint density at radius 3 is 2.25 bits per heavy atom. The van der Waals surface area contributed by atoms with Gasteiger partial charge in [0.2, 0.25) is 0 Å². The van der Waals surface area contributed by atoms with E-state index in [4.69, 9.17) is 0 Å². The molecule has 0 aromatic carbocycles. The summed E-state index contributed by atoms with van der Waals surface area (Å²) < 4.78 is 0. The monoisotopic (exact) mass is 169 g/mol. The predicted octanol–water partition coefficient (Wildman–Crippen LogP) is 3.05. The Labute approximate surface area is 77.1 Å². The van der Waals surface area contributed by atoms with Crippen LogP contribution in [0, 0.1) is 0 Å². The maximum atomic E-state index is 2.70. The Kier molecular flexibility index (Phi) is 4.67. The van der Waals surface area contributed by atoms with Gasteiger partial charge in [0.25, 0.3) is 0 Å². The topological polar surface area (TPSA) is 3.24 Å². The van der Waals surface area contributed by atoms with Gasteiger partial charge in [0.1, 0.15) is 0 Å². The van der Waals surface area contributed by atoms with Gasteiger partial charge < -0.3 is 4.90 Å². The highest BCUT2D eigenvalue weighted by Crippen LogP contribution is 2.24. The van der Waals surface area contributed by atoms with Crippen LogP contribution in [0.2, 0.25) is 0 Å². The molecule has 1 saturated carbocycles. The van der Waals surface area contributed by atoms with Gasteiger partial charge in [-0.15, -0.1) is 0 Å². The molecule has 72 valence electrons. The van der Waals surface area contributed by atoms with Crippen molar-refractivity contribution >= 4 is 0 Å². The molecule has 1 rings (SSSR count). The lowest BCUT2D eigenvalue weighted by Crippen LogP contribution is -2.41. The molecule has 0 aromatic heterocycles. The van der Waals surface area contributed by atoms with Crippen LogP contribution in [0.25, 0.3) is 0 Å². The van der Waals surface area contributed by atoms with Crippen molar-refractivity contribution in [1.29, 1.82) is 0 Å². The smallest absolute Gasteiger partial charge is 0.00952 e. The van der Waals surface area contributed by atoms with Crippen LogP contribution in [0.3, 0.4) is 0 Å². The molecule has 1 nitrogen and oxygen atoms in total. The quantitative estimate of drug-likeness (QED) is 0.590. The second-order valence-corrected chi connectivity index (χ2v) is 3.97. The molecule has 1 aliphatic rings. The highest BCUT2D eigenvalue weighted by molar-refractivity contribution is 4.79. The highest BCUT2D eigenvalue weighted by Gasteiger charge is 2.23. The zero-order valence-electron chi connectivity index (χ0n) is 8.68. The third-order valence-electron chi connectivity index (χ3n) is 2.90. The average molecular weight is 169 g/mol. The number of hydrogen-bond acceptors (Lipinski definition) is 1. The van der Waals surface area contributed by atoms with Gasteiger partial charge in [0, 0.05) is 6.04 Å². The summed E-state index contributed by atoms with van der Waals surface area (Å²) in [6.45, 7) is 7.24. The fraction of sp³-hybridized carbons (Fsp3) is 1.00. The molecule has 0 N–H and O–H groups in total. The van der Waals surface area contributed by atoms with E-state index in [1.807, 2.05) is 0 Å². The van der Waals surface area contributed by atoms with Gasteiger partial charge >= 0.3 is 0 Å². The van der Waals surface area contributed by atoms with Crippen molar-refractivity contribution in [3.8, 4) is 0 Å². The van der Waals surface area contributed by atoms with Gasteiger partial charge in [0.05, 0.1) is 0 Å². The first-order valence-electron chi connectivity index (χ1n) is 5.62. The molecule has 0 saturated heterocycles. The zero-order valence-corrected chi connectivity index (χ0v) is 8.68. The standard InChI is InChI=1S/C11H23N/c1-3-5-10-12(9-4-2)11-7-6-8-11/h11H,3-10H2,1-2H3. The number of rotatable bonds is 6. The fourth-order valence-corrected chi connectivity index (χ4v) is 1.88. The maximum Gasteiger partial charge on any atom is 0.00952 e. The van der Waals surface area contributed by atoms with Crippen LogP contribution < -0.4 is 0 Å². The van der Waals surface area contributed by atoms with Crippen molar-refractivity contribution in [3.05, 3.63) is 0 Å². The number of hydrogen-bond donors (Lipinski definition) is 0. The van der Waals surface area contributed by atoms with E-state index in [9.17, 15) is 0 Å². The van der Waals surface area contributed by atoms with Crippen molar-refractivity contribution in [1.82, 2.24) is 4.90 Å². The lowest BCUT2D eigenvalue weighted by molar-refractivity contribution is 0.125. The number of nitrogens with zero attached hydrogens (tertiary/aromatic N) is 1. The summed E-state index contributed by atoms with van der Waals surface area (Å²) in [5.41, 5.74) is 0. The van der Waals surface area contributed by atoms with E-state index in [1.54, 1.807) is 0 Å². The van der Waals surface area contributed by atoms with E-state index >= 15 is 0 Å². The van der Waals surface area contributed by atoms with Crippen molar-refractivity contribution in [2.75, 3.05) is 13.1 Å². The molecule has 1 fully saturated rings. The van der Waals surface area contributed by atoms with Gasteiger partial charge in [-0.1, -0.05) is 26.7 Å². The van der Waals surface area contributed by atoms with Gasteiger partial charge in [0.15, 0.2) is 0 Å². The normalized spacial score (nSPS) is 18.2. The second-order valence-electron chi connectivity index (χ2n) is 3.97. The lowest BCUT2D eigenvalue weighted by Gasteiger charge is -2.37. The maximum absolute atomic E-state index is 2.70. The molecule has 0 spiro atoms. The molecule has 0 radical (unpaired) electrons. The summed E-state index contributed by atoms with van der Waals surface area (Å²) in [4.78, 5) is 2.70. The minimum absolute atomic E-state index is 0.955. The molecule has 1 heteroatoms. The van der Waals surface area contributed by atoms with Crippen LogP contribution in [0.5, 0.6) is 0 Å². The highest BCUT2D eigenvalue weighted by atomic mass is 15.2. The van der Waals surface area contributed by atoms with Crippen LogP contribution >= 0.6 is 0 Å². The molecule has 0 atom stereocenters. The first-order chi connectivity index (χ1) is 5.88. The SMILES string of the molecule is CCCCN(CCC)C1CCC1. The van der Waals surface area contributed by atoms with Crippen LogP contribution in [0.15, 0.2) is 0 Å². The van der Waals surface area contributed by atoms with Crippen molar-refractivity contribution in [2.24, 2.45) is 0 Å². The van der Waals surface area contributed by atoms with Crippen LogP contribution in [0.4, 0.5) is 0 Å². The first kappa shape index (κ1) is 10.0. The van der Waals surface area contributed by atoms with E-state index in [0.717, 1.165) is 6.04 Å². The summed E-state index contributed by atoms with van der Waals surface area (Å²) in [6, 6.07) is 0.955.